The van der Waals surface area contributed by atoms with Crippen molar-refractivity contribution in [1.29, 1.82) is 0 Å². The van der Waals surface area contributed by atoms with Crippen LogP contribution in [0, 0.1) is 30.9 Å². The van der Waals surface area contributed by atoms with Crippen LogP contribution in [0.1, 0.15) is 54.9 Å². The van der Waals surface area contributed by atoms with E-state index in [2.05, 4.69) is 4.98 Å². The number of Topliss-reactive ketones (excluding diaryl/α,β-unsaturated/α-hetero) is 1. The first-order chi connectivity index (χ1) is 13.1. The Labute approximate surface area is 160 Å². The Morgan fingerprint density at radius 3 is 2.36 bits per heavy atom. The van der Waals surface area contributed by atoms with E-state index in [1.54, 1.807) is 20.8 Å². The van der Waals surface area contributed by atoms with Crippen molar-refractivity contribution in [3.8, 4) is 0 Å². The molecule has 9 nitrogen and oxygen atoms in total. The highest BCUT2D eigenvalue weighted by molar-refractivity contribution is 6.04. The molecule has 1 heterocycles. The summed E-state index contributed by atoms with van der Waals surface area (Å²) < 4.78 is 9.87. The molecule has 0 aliphatic rings. The molecule has 0 amide bonds. The van der Waals surface area contributed by atoms with Crippen LogP contribution in [0.25, 0.3) is 0 Å². The second-order valence-electron chi connectivity index (χ2n) is 6.29. The van der Waals surface area contributed by atoms with Gasteiger partial charge in [0.2, 0.25) is 5.78 Å². The number of hydrogen-bond acceptors (Lipinski definition) is 7. The number of aromatic nitrogens is 1. The van der Waals surface area contributed by atoms with Crippen molar-refractivity contribution < 1.29 is 28.8 Å². The van der Waals surface area contributed by atoms with E-state index in [0.717, 1.165) is 6.07 Å². The molecule has 0 saturated carbocycles. The number of carbonyl (C=O) groups is 3. The number of ketones is 1. The number of aryl methyl sites for hydroxylation is 2. The van der Waals surface area contributed by atoms with E-state index in [4.69, 9.17) is 9.47 Å². The van der Waals surface area contributed by atoms with Gasteiger partial charge >= 0.3 is 11.9 Å². The molecule has 0 unspecified atom stereocenters. The third-order valence-electron chi connectivity index (χ3n) is 4.37. The van der Waals surface area contributed by atoms with E-state index in [1.807, 2.05) is 0 Å². The lowest BCUT2D eigenvalue weighted by Crippen LogP contribution is -2.25. The molecule has 148 valence electrons. The molecule has 0 saturated heterocycles. The molecule has 1 N–H and O–H groups in total. The van der Waals surface area contributed by atoms with Gasteiger partial charge in [-0.3, -0.25) is 14.9 Å². The normalized spacial score (nSPS) is 11.6. The topological polar surface area (TPSA) is 129 Å². The largest absolute Gasteiger partial charge is 0.465 e. The number of nitro groups is 1. The Hall–Kier alpha value is -3.49. The standard InChI is InChI=1S/C19H20N2O7/c1-9-6-7-13(8-14(9)21(25)26)18(23)28-12(4)17(22)16-10(2)15(11(3)20-16)19(24)27-5/h6-8,12,20H,1-5H3/t12-/m0/s1. The van der Waals surface area contributed by atoms with Gasteiger partial charge in [0.05, 0.1) is 28.9 Å². The first-order valence-electron chi connectivity index (χ1n) is 8.36. The second kappa shape index (κ2) is 8.03. The van der Waals surface area contributed by atoms with Crippen molar-refractivity contribution in [2.45, 2.75) is 33.8 Å². The van der Waals surface area contributed by atoms with Crippen molar-refractivity contribution in [2.75, 3.05) is 7.11 Å². The van der Waals surface area contributed by atoms with Crippen LogP contribution >= 0.6 is 0 Å². The number of benzene rings is 1. The van der Waals surface area contributed by atoms with Crippen LogP contribution in [-0.2, 0) is 9.47 Å². The number of esters is 2. The zero-order valence-corrected chi connectivity index (χ0v) is 16.1. The van der Waals surface area contributed by atoms with Crippen LogP contribution in [0.15, 0.2) is 18.2 Å². The van der Waals surface area contributed by atoms with E-state index >= 15 is 0 Å². The van der Waals surface area contributed by atoms with Crippen molar-refractivity contribution in [3.63, 3.8) is 0 Å². The summed E-state index contributed by atoms with van der Waals surface area (Å²) in [6, 6.07) is 3.93. The highest BCUT2D eigenvalue weighted by Crippen LogP contribution is 2.22. The highest BCUT2D eigenvalue weighted by atomic mass is 16.6. The lowest BCUT2D eigenvalue weighted by atomic mass is 10.1. The van der Waals surface area contributed by atoms with Gasteiger partial charge in [0.25, 0.3) is 5.69 Å². The van der Waals surface area contributed by atoms with Gasteiger partial charge in [0, 0.05) is 17.3 Å². The number of nitrogens with zero attached hydrogens (tertiary/aromatic N) is 1. The van der Waals surface area contributed by atoms with Gasteiger partial charge in [0.1, 0.15) is 0 Å². The van der Waals surface area contributed by atoms with E-state index in [1.165, 1.54) is 26.2 Å². The van der Waals surface area contributed by atoms with Gasteiger partial charge in [0.15, 0.2) is 6.10 Å². The number of aromatic amines is 1. The minimum atomic E-state index is -1.17. The molecule has 28 heavy (non-hydrogen) atoms. The van der Waals surface area contributed by atoms with Crippen LogP contribution < -0.4 is 0 Å². The molecule has 0 spiro atoms. The van der Waals surface area contributed by atoms with Crippen LogP contribution in [0.2, 0.25) is 0 Å². The van der Waals surface area contributed by atoms with E-state index in [9.17, 15) is 24.5 Å². The highest BCUT2D eigenvalue weighted by Gasteiger charge is 2.28. The molecule has 1 aromatic carbocycles. The molecular formula is C19H20N2O7. The Morgan fingerprint density at radius 2 is 1.79 bits per heavy atom. The lowest BCUT2D eigenvalue weighted by Gasteiger charge is -2.12. The van der Waals surface area contributed by atoms with Crippen molar-refractivity contribution >= 4 is 23.4 Å². The van der Waals surface area contributed by atoms with Crippen molar-refractivity contribution in [3.05, 3.63) is 62.0 Å². The van der Waals surface area contributed by atoms with E-state index in [-0.39, 0.29) is 22.5 Å². The van der Waals surface area contributed by atoms with Gasteiger partial charge in [-0.15, -0.1) is 0 Å². The quantitative estimate of drug-likeness (QED) is 0.348. The van der Waals surface area contributed by atoms with Crippen molar-refractivity contribution in [1.82, 2.24) is 4.98 Å². The maximum atomic E-state index is 12.7. The molecule has 1 aromatic heterocycles. The summed E-state index contributed by atoms with van der Waals surface area (Å²) in [4.78, 5) is 50.1. The van der Waals surface area contributed by atoms with Gasteiger partial charge in [-0.2, -0.15) is 0 Å². The number of carbonyl (C=O) groups excluding carboxylic acids is 3. The predicted molar refractivity (Wildman–Crippen MR) is 98.6 cm³/mol. The zero-order chi connectivity index (χ0) is 21.2. The zero-order valence-electron chi connectivity index (χ0n) is 16.1. The summed E-state index contributed by atoms with van der Waals surface area (Å²) in [7, 11) is 1.24. The maximum absolute atomic E-state index is 12.7. The molecule has 2 rings (SSSR count). The average Bonchev–Trinajstić information content (AvgIpc) is 2.94. The molecule has 0 aliphatic carbocycles. The minimum Gasteiger partial charge on any atom is -0.465 e. The number of hydrogen-bond donors (Lipinski definition) is 1. The van der Waals surface area contributed by atoms with Gasteiger partial charge in [-0.25, -0.2) is 9.59 Å². The fourth-order valence-corrected chi connectivity index (χ4v) is 2.82. The number of methoxy groups -OCH3 is 1. The monoisotopic (exact) mass is 388 g/mol. The third-order valence-corrected chi connectivity index (χ3v) is 4.37. The Morgan fingerprint density at radius 1 is 1.14 bits per heavy atom. The SMILES string of the molecule is COC(=O)c1c(C)[nH]c(C(=O)[C@H](C)OC(=O)c2ccc(C)c([N+](=O)[O-])c2)c1C. The van der Waals surface area contributed by atoms with Crippen LogP contribution in [0.3, 0.4) is 0 Å². The van der Waals surface area contributed by atoms with Gasteiger partial charge in [-0.1, -0.05) is 6.07 Å². The maximum Gasteiger partial charge on any atom is 0.339 e. The molecular weight excluding hydrogens is 368 g/mol. The van der Waals surface area contributed by atoms with E-state index in [0.29, 0.717) is 16.8 Å². The Kier molecular flexibility index (Phi) is 5.97. The Bertz CT molecular complexity index is 975. The number of nitro benzene ring substituents is 1. The lowest BCUT2D eigenvalue weighted by molar-refractivity contribution is -0.385. The molecule has 9 heteroatoms. The molecule has 1 atom stereocenters. The van der Waals surface area contributed by atoms with Crippen molar-refractivity contribution in [2.24, 2.45) is 0 Å². The number of ether oxygens (including phenoxy) is 2. The summed E-state index contributed by atoms with van der Waals surface area (Å²) in [6.07, 6.45) is -1.17. The summed E-state index contributed by atoms with van der Waals surface area (Å²) in [6.45, 7) is 6.14. The van der Waals surface area contributed by atoms with Gasteiger partial charge in [-0.05, 0) is 39.3 Å². The number of nitrogens with one attached hydrogen (secondary N) is 1. The third kappa shape index (κ3) is 3.93. The number of H-pyrrole nitrogens is 1. The summed E-state index contributed by atoms with van der Waals surface area (Å²) in [5, 5.41) is 11.0. The summed E-state index contributed by atoms with van der Waals surface area (Å²) in [5.41, 5.74) is 1.38. The number of rotatable bonds is 6. The fourth-order valence-electron chi connectivity index (χ4n) is 2.82. The minimum absolute atomic E-state index is 0.0356. The second-order valence-corrected chi connectivity index (χ2v) is 6.29. The van der Waals surface area contributed by atoms with Crippen LogP contribution in [-0.4, -0.2) is 40.8 Å². The Balaban J connectivity index is 2.24. The van der Waals surface area contributed by atoms with E-state index < -0.39 is 28.7 Å². The van der Waals surface area contributed by atoms with Gasteiger partial charge < -0.3 is 14.5 Å². The smallest absolute Gasteiger partial charge is 0.339 e. The molecule has 0 bridgehead atoms. The summed E-state index contributed by atoms with van der Waals surface area (Å²) >= 11 is 0. The molecule has 2 aromatic rings. The first kappa shape index (κ1) is 20.8. The first-order valence-corrected chi connectivity index (χ1v) is 8.36. The fraction of sp³-hybridized carbons (Fsp3) is 0.316. The molecule has 0 aliphatic heterocycles. The summed E-state index contributed by atoms with van der Waals surface area (Å²) in [5.74, 6) is -1.98. The average molecular weight is 388 g/mol. The van der Waals surface area contributed by atoms with Crippen LogP contribution in [0.4, 0.5) is 5.69 Å². The molecule has 0 radical (unpaired) electrons. The molecule has 0 fully saturated rings. The predicted octanol–water partition coefficient (Wildman–Crippen LogP) is 3.06. The van der Waals surface area contributed by atoms with Crippen LogP contribution in [0.5, 0.6) is 0 Å².